The summed E-state index contributed by atoms with van der Waals surface area (Å²) in [5.41, 5.74) is 0. The van der Waals surface area contributed by atoms with Gasteiger partial charge in [0.2, 0.25) is 0 Å². The molecule has 3 nitrogen and oxygen atoms in total. The SMILES string of the molecule is CCCCOCC(CCl)OCC1CO1. The van der Waals surface area contributed by atoms with Gasteiger partial charge in [-0.3, -0.25) is 0 Å². The van der Waals surface area contributed by atoms with Crippen LogP contribution in [0.4, 0.5) is 0 Å². The molecule has 1 aliphatic heterocycles. The summed E-state index contributed by atoms with van der Waals surface area (Å²) in [6, 6.07) is 0. The van der Waals surface area contributed by atoms with E-state index in [4.69, 9.17) is 25.8 Å². The van der Waals surface area contributed by atoms with Crippen LogP contribution < -0.4 is 0 Å². The Hall–Kier alpha value is 0.170. The minimum Gasteiger partial charge on any atom is -0.379 e. The molecule has 0 amide bonds. The summed E-state index contributed by atoms with van der Waals surface area (Å²) < 4.78 is 16.0. The molecule has 0 N–H and O–H groups in total. The predicted molar refractivity (Wildman–Crippen MR) is 55.9 cm³/mol. The van der Waals surface area contributed by atoms with E-state index in [2.05, 4.69) is 6.92 Å². The first-order chi connectivity index (χ1) is 6.86. The van der Waals surface area contributed by atoms with Crippen LogP contribution in [-0.4, -0.2) is 44.5 Å². The number of ether oxygens (including phenoxy) is 3. The van der Waals surface area contributed by atoms with Crippen molar-refractivity contribution < 1.29 is 14.2 Å². The molecule has 2 unspecified atom stereocenters. The van der Waals surface area contributed by atoms with Crippen LogP contribution in [0.25, 0.3) is 0 Å². The summed E-state index contributed by atoms with van der Waals surface area (Å²) in [6.45, 7) is 5.01. The number of unbranched alkanes of at least 4 members (excludes halogenated alkanes) is 1. The van der Waals surface area contributed by atoms with Crippen molar-refractivity contribution in [2.45, 2.75) is 32.0 Å². The molecule has 0 spiro atoms. The molecule has 0 aromatic heterocycles. The van der Waals surface area contributed by atoms with Gasteiger partial charge >= 0.3 is 0 Å². The van der Waals surface area contributed by atoms with Crippen molar-refractivity contribution >= 4 is 11.6 Å². The zero-order valence-corrected chi connectivity index (χ0v) is 9.46. The second-order valence-electron chi connectivity index (χ2n) is 3.49. The van der Waals surface area contributed by atoms with Crippen molar-refractivity contribution in [2.24, 2.45) is 0 Å². The summed E-state index contributed by atoms with van der Waals surface area (Å²) in [6.07, 6.45) is 2.57. The number of halogens is 1. The van der Waals surface area contributed by atoms with Crippen LogP contribution in [0.2, 0.25) is 0 Å². The monoisotopic (exact) mass is 222 g/mol. The Morgan fingerprint density at radius 3 is 2.93 bits per heavy atom. The van der Waals surface area contributed by atoms with Crippen LogP contribution in [0.15, 0.2) is 0 Å². The van der Waals surface area contributed by atoms with Crippen LogP contribution >= 0.6 is 11.6 Å². The third kappa shape index (κ3) is 5.81. The minimum atomic E-state index is 0.0118. The molecule has 1 fully saturated rings. The van der Waals surface area contributed by atoms with Gasteiger partial charge in [-0.25, -0.2) is 0 Å². The molecule has 0 aromatic rings. The molecule has 0 saturated carbocycles. The van der Waals surface area contributed by atoms with E-state index < -0.39 is 0 Å². The molecule has 14 heavy (non-hydrogen) atoms. The van der Waals surface area contributed by atoms with E-state index >= 15 is 0 Å². The average Bonchev–Trinajstić information content (AvgIpc) is 3.01. The van der Waals surface area contributed by atoms with Crippen molar-refractivity contribution in [2.75, 3.05) is 32.3 Å². The molecule has 1 aliphatic rings. The van der Waals surface area contributed by atoms with Gasteiger partial charge < -0.3 is 14.2 Å². The Labute approximate surface area is 90.7 Å². The van der Waals surface area contributed by atoms with Gasteiger partial charge in [0, 0.05) is 6.61 Å². The van der Waals surface area contributed by atoms with Gasteiger partial charge in [0.15, 0.2) is 0 Å². The second kappa shape index (κ2) is 7.46. The lowest BCUT2D eigenvalue weighted by Crippen LogP contribution is -2.24. The fraction of sp³-hybridized carbons (Fsp3) is 1.00. The van der Waals surface area contributed by atoms with Crippen LogP contribution in [0.5, 0.6) is 0 Å². The first kappa shape index (κ1) is 12.2. The van der Waals surface area contributed by atoms with Gasteiger partial charge in [0.25, 0.3) is 0 Å². The van der Waals surface area contributed by atoms with E-state index in [0.29, 0.717) is 25.2 Å². The van der Waals surface area contributed by atoms with Gasteiger partial charge in [-0.05, 0) is 6.42 Å². The maximum Gasteiger partial charge on any atom is 0.104 e. The van der Waals surface area contributed by atoms with Crippen LogP contribution in [0, 0.1) is 0 Å². The van der Waals surface area contributed by atoms with Crippen molar-refractivity contribution in [3.63, 3.8) is 0 Å². The molecule has 1 rings (SSSR count). The topological polar surface area (TPSA) is 31.0 Å². The summed E-state index contributed by atoms with van der Waals surface area (Å²) in [5.74, 6) is 0.485. The van der Waals surface area contributed by atoms with Gasteiger partial charge in [0.1, 0.15) is 6.10 Å². The molecular formula is C10H19ClO3. The molecule has 2 atom stereocenters. The lowest BCUT2D eigenvalue weighted by Gasteiger charge is -2.14. The van der Waals surface area contributed by atoms with Gasteiger partial charge in [-0.15, -0.1) is 11.6 Å². The average molecular weight is 223 g/mol. The molecule has 0 radical (unpaired) electrons. The third-order valence-corrected chi connectivity index (χ3v) is 2.38. The summed E-state index contributed by atoms with van der Waals surface area (Å²) >= 11 is 5.74. The lowest BCUT2D eigenvalue weighted by atomic mass is 10.3. The zero-order chi connectivity index (χ0) is 10.2. The van der Waals surface area contributed by atoms with Gasteiger partial charge in [0.05, 0.1) is 31.8 Å². The number of hydrogen-bond donors (Lipinski definition) is 0. The fourth-order valence-electron chi connectivity index (χ4n) is 1.01. The molecule has 1 saturated heterocycles. The molecule has 0 bridgehead atoms. The Kier molecular flexibility index (Phi) is 6.52. The van der Waals surface area contributed by atoms with E-state index in [9.17, 15) is 0 Å². The summed E-state index contributed by atoms with van der Waals surface area (Å²) in [4.78, 5) is 0. The number of epoxide rings is 1. The fourth-order valence-corrected chi connectivity index (χ4v) is 1.18. The zero-order valence-electron chi connectivity index (χ0n) is 8.71. The highest BCUT2D eigenvalue weighted by Crippen LogP contribution is 2.10. The van der Waals surface area contributed by atoms with Crippen molar-refractivity contribution in [1.29, 1.82) is 0 Å². The van der Waals surface area contributed by atoms with E-state index in [-0.39, 0.29) is 6.10 Å². The van der Waals surface area contributed by atoms with Crippen LogP contribution in [0.3, 0.4) is 0 Å². The normalized spacial score (nSPS) is 22.3. The summed E-state index contributed by atoms with van der Waals surface area (Å²) in [5, 5.41) is 0. The van der Waals surface area contributed by atoms with Crippen molar-refractivity contribution in [3.05, 3.63) is 0 Å². The van der Waals surface area contributed by atoms with Crippen molar-refractivity contribution in [1.82, 2.24) is 0 Å². The molecule has 0 aliphatic carbocycles. The maximum absolute atomic E-state index is 5.74. The van der Waals surface area contributed by atoms with E-state index in [1.807, 2.05) is 0 Å². The highest BCUT2D eigenvalue weighted by Gasteiger charge is 2.24. The van der Waals surface area contributed by atoms with E-state index in [0.717, 1.165) is 26.1 Å². The Balaban J connectivity index is 1.93. The highest BCUT2D eigenvalue weighted by atomic mass is 35.5. The van der Waals surface area contributed by atoms with Crippen molar-refractivity contribution in [3.8, 4) is 0 Å². The second-order valence-corrected chi connectivity index (χ2v) is 3.80. The predicted octanol–water partition coefficient (Wildman–Crippen LogP) is 1.83. The third-order valence-electron chi connectivity index (χ3n) is 2.04. The lowest BCUT2D eigenvalue weighted by molar-refractivity contribution is -0.0103. The molecule has 0 aromatic carbocycles. The van der Waals surface area contributed by atoms with Gasteiger partial charge in [-0.1, -0.05) is 13.3 Å². The molecule has 84 valence electrons. The molecule has 4 heteroatoms. The molecular weight excluding hydrogens is 204 g/mol. The Morgan fingerprint density at radius 1 is 1.57 bits per heavy atom. The minimum absolute atomic E-state index is 0.0118. The van der Waals surface area contributed by atoms with E-state index in [1.165, 1.54) is 0 Å². The van der Waals surface area contributed by atoms with Crippen LogP contribution in [0.1, 0.15) is 19.8 Å². The number of alkyl halides is 1. The Bertz CT molecular complexity index is 139. The summed E-state index contributed by atoms with van der Waals surface area (Å²) in [7, 11) is 0. The van der Waals surface area contributed by atoms with Crippen LogP contribution in [-0.2, 0) is 14.2 Å². The first-order valence-electron chi connectivity index (χ1n) is 5.23. The standard InChI is InChI=1S/C10H19ClO3/c1-2-3-4-12-6-9(5-11)13-7-10-8-14-10/h9-10H,2-8H2,1H3. The van der Waals surface area contributed by atoms with Gasteiger partial charge in [-0.2, -0.15) is 0 Å². The quantitative estimate of drug-likeness (QED) is 0.339. The maximum atomic E-state index is 5.74. The molecule has 1 heterocycles. The Morgan fingerprint density at radius 2 is 2.36 bits per heavy atom. The first-order valence-corrected chi connectivity index (χ1v) is 5.77. The smallest absolute Gasteiger partial charge is 0.104 e. The van der Waals surface area contributed by atoms with E-state index in [1.54, 1.807) is 0 Å². The highest BCUT2D eigenvalue weighted by molar-refractivity contribution is 6.18. The number of rotatable bonds is 9. The largest absolute Gasteiger partial charge is 0.379 e. The number of hydrogen-bond acceptors (Lipinski definition) is 3.